The monoisotopic (exact) mass is 977 g/mol. The van der Waals surface area contributed by atoms with E-state index >= 15 is 0 Å². The first-order chi connectivity index (χ1) is 34.5. The number of allylic oxidation sites excluding steroid dienone is 12. The Hall–Kier alpha value is -3.15. The molecular weight excluding hydrogens is 865 g/mol. The average molecular weight is 978 g/mol. The zero-order valence-electron chi connectivity index (χ0n) is 46.3. The number of carbonyl (C=O) groups is 3. The summed E-state index contributed by atoms with van der Waals surface area (Å²) in [6.45, 7) is 6.51. The van der Waals surface area contributed by atoms with E-state index in [1.165, 1.54) is 161 Å². The molecule has 0 aromatic rings. The molecule has 0 saturated carbocycles. The van der Waals surface area contributed by atoms with Crippen molar-refractivity contribution in [2.45, 2.75) is 303 Å². The predicted molar refractivity (Wildman–Crippen MR) is 302 cm³/mol. The molecule has 0 aromatic carbocycles. The largest absolute Gasteiger partial charge is 0.462 e. The van der Waals surface area contributed by atoms with E-state index in [-0.39, 0.29) is 31.1 Å². The molecule has 1 unspecified atom stereocenters. The van der Waals surface area contributed by atoms with Crippen molar-refractivity contribution in [1.29, 1.82) is 0 Å². The quantitative estimate of drug-likeness (QED) is 0.0261. The lowest BCUT2D eigenvalue weighted by atomic mass is 10.0. The molecule has 0 spiro atoms. The van der Waals surface area contributed by atoms with Gasteiger partial charge in [0, 0.05) is 19.3 Å². The van der Waals surface area contributed by atoms with E-state index in [0.29, 0.717) is 19.3 Å². The molecule has 0 aliphatic carbocycles. The Morgan fingerprint density at radius 1 is 0.300 bits per heavy atom. The third-order valence-corrected chi connectivity index (χ3v) is 12.9. The van der Waals surface area contributed by atoms with Gasteiger partial charge in [0.25, 0.3) is 0 Å². The molecule has 70 heavy (non-hydrogen) atoms. The van der Waals surface area contributed by atoms with E-state index in [4.69, 9.17) is 14.2 Å². The molecule has 1 atom stereocenters. The molecule has 6 heteroatoms. The molecule has 0 N–H and O–H groups in total. The van der Waals surface area contributed by atoms with Crippen LogP contribution in [-0.2, 0) is 28.6 Å². The normalized spacial score (nSPS) is 12.6. The van der Waals surface area contributed by atoms with Crippen molar-refractivity contribution in [2.75, 3.05) is 13.2 Å². The molecule has 0 heterocycles. The Labute approximate surface area is 433 Å². The SMILES string of the molecule is CC/C=C\C/C=C\C/C=C\C/C=C\CCCCCCCCCCCCCCC(=O)OCC(COC(=O)CCCCCCCCCCC)OC(=O)CCCCCCCCC/C=C\C/C=C\CCCCCC. The van der Waals surface area contributed by atoms with Crippen LogP contribution >= 0.6 is 0 Å². The zero-order valence-corrected chi connectivity index (χ0v) is 46.3. The lowest BCUT2D eigenvalue weighted by Crippen LogP contribution is -2.30. The van der Waals surface area contributed by atoms with Crippen molar-refractivity contribution in [3.63, 3.8) is 0 Å². The lowest BCUT2D eigenvalue weighted by molar-refractivity contribution is -0.167. The van der Waals surface area contributed by atoms with E-state index in [1.807, 2.05) is 0 Å². The number of esters is 3. The lowest BCUT2D eigenvalue weighted by Gasteiger charge is -2.18. The molecule has 0 radical (unpaired) electrons. The van der Waals surface area contributed by atoms with Crippen LogP contribution in [0.1, 0.15) is 297 Å². The summed E-state index contributed by atoms with van der Waals surface area (Å²) in [5, 5.41) is 0. The fourth-order valence-electron chi connectivity index (χ4n) is 8.47. The van der Waals surface area contributed by atoms with E-state index in [9.17, 15) is 14.4 Å². The van der Waals surface area contributed by atoms with Gasteiger partial charge < -0.3 is 14.2 Å². The number of unbranched alkanes of at least 4 members (excludes halogenated alkanes) is 31. The van der Waals surface area contributed by atoms with Gasteiger partial charge in [-0.2, -0.15) is 0 Å². The van der Waals surface area contributed by atoms with Gasteiger partial charge in [-0.25, -0.2) is 0 Å². The van der Waals surface area contributed by atoms with Crippen LogP contribution in [-0.4, -0.2) is 37.2 Å². The van der Waals surface area contributed by atoms with E-state index in [0.717, 1.165) is 96.3 Å². The summed E-state index contributed by atoms with van der Waals surface area (Å²) in [5.74, 6) is -0.879. The van der Waals surface area contributed by atoms with Crippen LogP contribution < -0.4 is 0 Å². The van der Waals surface area contributed by atoms with Crippen LogP contribution in [0, 0.1) is 0 Å². The third kappa shape index (κ3) is 55.8. The molecule has 6 nitrogen and oxygen atoms in total. The molecule has 0 aromatic heterocycles. The van der Waals surface area contributed by atoms with Crippen molar-refractivity contribution < 1.29 is 28.6 Å². The molecule has 0 bridgehead atoms. The maximum Gasteiger partial charge on any atom is 0.306 e. The molecule has 0 saturated heterocycles. The summed E-state index contributed by atoms with van der Waals surface area (Å²) >= 11 is 0. The first kappa shape index (κ1) is 66.9. The van der Waals surface area contributed by atoms with Crippen molar-refractivity contribution >= 4 is 17.9 Å². The van der Waals surface area contributed by atoms with Gasteiger partial charge in [-0.1, -0.05) is 261 Å². The van der Waals surface area contributed by atoms with Crippen LogP contribution in [0.3, 0.4) is 0 Å². The fourth-order valence-corrected chi connectivity index (χ4v) is 8.47. The second kappa shape index (κ2) is 58.4. The van der Waals surface area contributed by atoms with Gasteiger partial charge in [0.15, 0.2) is 6.10 Å². The fraction of sp³-hybridized carbons (Fsp3) is 0.766. The highest BCUT2D eigenvalue weighted by molar-refractivity contribution is 5.71. The topological polar surface area (TPSA) is 78.9 Å². The van der Waals surface area contributed by atoms with Gasteiger partial charge in [-0.3, -0.25) is 14.4 Å². The van der Waals surface area contributed by atoms with Crippen LogP contribution in [0.25, 0.3) is 0 Å². The molecule has 0 amide bonds. The summed E-state index contributed by atoms with van der Waals surface area (Å²) in [6, 6.07) is 0. The molecule has 0 rings (SSSR count). The van der Waals surface area contributed by atoms with Crippen LogP contribution in [0.4, 0.5) is 0 Å². The molecule has 0 aliphatic rings. The van der Waals surface area contributed by atoms with Crippen molar-refractivity contribution in [3.8, 4) is 0 Å². The number of rotatable bonds is 54. The summed E-state index contributed by atoms with van der Waals surface area (Å²) in [4.78, 5) is 38.1. The van der Waals surface area contributed by atoms with E-state index < -0.39 is 6.10 Å². The smallest absolute Gasteiger partial charge is 0.306 e. The van der Waals surface area contributed by atoms with Gasteiger partial charge in [0.2, 0.25) is 0 Å². The van der Waals surface area contributed by atoms with Crippen LogP contribution in [0.15, 0.2) is 72.9 Å². The second-order valence-electron chi connectivity index (χ2n) is 19.9. The highest BCUT2D eigenvalue weighted by atomic mass is 16.6. The second-order valence-corrected chi connectivity index (χ2v) is 19.9. The molecule has 0 aliphatic heterocycles. The minimum atomic E-state index is -0.778. The maximum absolute atomic E-state index is 12.8. The van der Waals surface area contributed by atoms with Crippen molar-refractivity contribution in [3.05, 3.63) is 72.9 Å². The van der Waals surface area contributed by atoms with Gasteiger partial charge >= 0.3 is 17.9 Å². The minimum Gasteiger partial charge on any atom is -0.462 e. The van der Waals surface area contributed by atoms with Crippen LogP contribution in [0.5, 0.6) is 0 Å². The Kier molecular flexibility index (Phi) is 55.8. The predicted octanol–water partition coefficient (Wildman–Crippen LogP) is 20.2. The van der Waals surface area contributed by atoms with Gasteiger partial charge in [-0.05, 0) is 89.9 Å². The minimum absolute atomic E-state index is 0.0764. The Morgan fingerprint density at radius 2 is 0.557 bits per heavy atom. The zero-order chi connectivity index (χ0) is 50.7. The summed E-state index contributed by atoms with van der Waals surface area (Å²) in [6.07, 6.45) is 74.8. The van der Waals surface area contributed by atoms with E-state index in [2.05, 4.69) is 93.7 Å². The Bertz CT molecular complexity index is 1310. The average Bonchev–Trinajstić information content (AvgIpc) is 3.36. The molecule has 404 valence electrons. The first-order valence-corrected chi connectivity index (χ1v) is 29.9. The Morgan fingerprint density at radius 3 is 0.886 bits per heavy atom. The summed E-state index contributed by atoms with van der Waals surface area (Å²) in [5.41, 5.74) is 0. The summed E-state index contributed by atoms with van der Waals surface area (Å²) in [7, 11) is 0. The highest BCUT2D eigenvalue weighted by Gasteiger charge is 2.19. The molecular formula is C64H112O6. The van der Waals surface area contributed by atoms with Crippen molar-refractivity contribution in [2.24, 2.45) is 0 Å². The van der Waals surface area contributed by atoms with Gasteiger partial charge in [0.05, 0.1) is 0 Å². The Balaban J connectivity index is 4.23. The highest BCUT2D eigenvalue weighted by Crippen LogP contribution is 2.16. The van der Waals surface area contributed by atoms with Gasteiger partial charge in [0.1, 0.15) is 13.2 Å². The van der Waals surface area contributed by atoms with Crippen molar-refractivity contribution in [1.82, 2.24) is 0 Å². The van der Waals surface area contributed by atoms with Gasteiger partial charge in [-0.15, -0.1) is 0 Å². The number of carbonyl (C=O) groups excluding carboxylic acids is 3. The maximum atomic E-state index is 12.8. The summed E-state index contributed by atoms with van der Waals surface area (Å²) < 4.78 is 16.8. The van der Waals surface area contributed by atoms with E-state index in [1.54, 1.807) is 0 Å². The third-order valence-electron chi connectivity index (χ3n) is 12.9. The number of ether oxygens (including phenoxy) is 3. The molecule has 0 fully saturated rings. The standard InChI is InChI=1S/C64H112O6/c1-4-7-10-13-16-19-21-23-25-27-29-30-31-32-33-34-35-37-38-40-42-45-48-51-54-57-63(66)69-60-61(59-68-62(65)56-53-50-47-44-18-15-12-9-6-3)70-64(67)58-55-52-49-46-43-41-39-36-28-26-24-22-20-17-14-11-8-5-2/h7,10,16,19-20,22-23,25-26,28-30,61H,4-6,8-9,11-15,17-18,21,24,27,31-60H2,1-3H3/b10-7-,19-16-,22-20-,25-23-,28-26-,30-29-. The number of hydrogen-bond acceptors (Lipinski definition) is 6. The number of hydrogen-bond donors (Lipinski definition) is 0. The van der Waals surface area contributed by atoms with Crippen LogP contribution in [0.2, 0.25) is 0 Å². The first-order valence-electron chi connectivity index (χ1n) is 29.9.